The minimum Gasteiger partial charge on any atom is -0.497 e. The van der Waals surface area contributed by atoms with Gasteiger partial charge in [-0.3, -0.25) is 4.79 Å². The summed E-state index contributed by atoms with van der Waals surface area (Å²) in [7, 11) is -1.76. The summed E-state index contributed by atoms with van der Waals surface area (Å²) in [5.41, 5.74) is 3.09. The zero-order valence-corrected chi connectivity index (χ0v) is 18.2. The number of rotatable bonds is 9. The molecule has 0 fully saturated rings. The molecule has 3 rings (SSSR count). The molecule has 1 aliphatic heterocycles. The summed E-state index contributed by atoms with van der Waals surface area (Å²) in [6.07, 6.45) is 1.02. The minimum atomic E-state index is -3.38. The standard InChI is InChI=1S/C22H28N2O5S/c1-17-6-3-4-7-21(17)29-16-22(25)23-11-5-13-30(26,27)24-12-10-18-14-20(28-2)9-8-19(18)15-24/h3-4,6-9,14H,5,10-13,15-16H2,1-2H3,(H,23,25). The van der Waals surface area contributed by atoms with Crippen molar-refractivity contribution in [3.8, 4) is 11.5 Å². The van der Waals surface area contributed by atoms with Crippen LogP contribution in [0.25, 0.3) is 0 Å². The molecule has 0 aliphatic carbocycles. The van der Waals surface area contributed by atoms with Crippen molar-refractivity contribution in [2.75, 3.05) is 32.6 Å². The number of sulfonamides is 1. The van der Waals surface area contributed by atoms with E-state index in [0.29, 0.717) is 31.7 Å². The van der Waals surface area contributed by atoms with E-state index in [1.165, 1.54) is 4.31 Å². The summed E-state index contributed by atoms with van der Waals surface area (Å²) in [6.45, 7) is 2.94. The summed E-state index contributed by atoms with van der Waals surface area (Å²) >= 11 is 0. The lowest BCUT2D eigenvalue weighted by atomic mass is 10.0. The Morgan fingerprint density at radius 1 is 1.17 bits per heavy atom. The maximum atomic E-state index is 12.7. The number of carbonyl (C=O) groups excluding carboxylic acids is 1. The van der Waals surface area contributed by atoms with Crippen LogP contribution in [0.3, 0.4) is 0 Å². The maximum Gasteiger partial charge on any atom is 0.257 e. The van der Waals surface area contributed by atoms with Gasteiger partial charge in [-0.1, -0.05) is 24.3 Å². The van der Waals surface area contributed by atoms with Gasteiger partial charge < -0.3 is 14.8 Å². The third-order valence-electron chi connectivity index (χ3n) is 5.14. The Bertz CT molecular complexity index is 991. The van der Waals surface area contributed by atoms with Gasteiger partial charge in [0, 0.05) is 19.6 Å². The Labute approximate surface area is 178 Å². The molecule has 8 heteroatoms. The summed E-state index contributed by atoms with van der Waals surface area (Å²) < 4.78 is 37.6. The fraction of sp³-hybridized carbons (Fsp3) is 0.409. The smallest absolute Gasteiger partial charge is 0.257 e. The number of ether oxygens (including phenoxy) is 2. The number of fused-ring (bicyclic) bond motifs is 1. The van der Waals surface area contributed by atoms with E-state index >= 15 is 0 Å². The van der Waals surface area contributed by atoms with Crippen molar-refractivity contribution in [1.82, 2.24) is 9.62 Å². The third-order valence-corrected chi connectivity index (χ3v) is 7.04. The minimum absolute atomic E-state index is 0.00256. The molecule has 0 atom stereocenters. The van der Waals surface area contributed by atoms with E-state index in [4.69, 9.17) is 9.47 Å². The summed E-state index contributed by atoms with van der Waals surface area (Å²) in [5, 5.41) is 2.72. The van der Waals surface area contributed by atoms with Crippen LogP contribution in [0.2, 0.25) is 0 Å². The van der Waals surface area contributed by atoms with Gasteiger partial charge in [-0.05, 0) is 54.7 Å². The average Bonchev–Trinajstić information content (AvgIpc) is 2.75. The molecular formula is C22H28N2O5S. The van der Waals surface area contributed by atoms with Gasteiger partial charge in [0.1, 0.15) is 11.5 Å². The number of benzene rings is 2. The molecule has 2 aromatic carbocycles. The third kappa shape index (κ3) is 5.73. The van der Waals surface area contributed by atoms with Gasteiger partial charge in [-0.25, -0.2) is 8.42 Å². The first-order chi connectivity index (χ1) is 14.4. The van der Waals surface area contributed by atoms with E-state index in [-0.39, 0.29) is 24.8 Å². The second-order valence-corrected chi connectivity index (χ2v) is 9.38. The number of hydrogen-bond donors (Lipinski definition) is 1. The summed E-state index contributed by atoms with van der Waals surface area (Å²) in [5.74, 6) is 1.18. The predicted molar refractivity (Wildman–Crippen MR) is 115 cm³/mol. The van der Waals surface area contributed by atoms with Crippen molar-refractivity contribution in [1.29, 1.82) is 0 Å². The normalized spacial score (nSPS) is 14.1. The van der Waals surface area contributed by atoms with Crippen molar-refractivity contribution < 1.29 is 22.7 Å². The highest BCUT2D eigenvalue weighted by Crippen LogP contribution is 2.25. The number of aryl methyl sites for hydroxylation is 1. The van der Waals surface area contributed by atoms with Crippen LogP contribution in [0.1, 0.15) is 23.1 Å². The molecule has 0 unspecified atom stereocenters. The largest absolute Gasteiger partial charge is 0.497 e. The molecule has 7 nitrogen and oxygen atoms in total. The molecule has 162 valence electrons. The molecule has 2 aromatic rings. The van der Waals surface area contributed by atoms with Crippen LogP contribution >= 0.6 is 0 Å². The molecule has 1 N–H and O–H groups in total. The van der Waals surface area contributed by atoms with Crippen LogP contribution in [-0.2, 0) is 27.8 Å². The van der Waals surface area contributed by atoms with Crippen molar-refractivity contribution in [3.63, 3.8) is 0 Å². The van der Waals surface area contributed by atoms with Crippen LogP contribution in [0.15, 0.2) is 42.5 Å². The highest BCUT2D eigenvalue weighted by Gasteiger charge is 2.26. The van der Waals surface area contributed by atoms with E-state index in [0.717, 1.165) is 22.4 Å². The van der Waals surface area contributed by atoms with Gasteiger partial charge >= 0.3 is 0 Å². The molecule has 0 spiro atoms. The number of amides is 1. The molecule has 0 saturated heterocycles. The molecular weight excluding hydrogens is 404 g/mol. The first-order valence-corrected chi connectivity index (χ1v) is 11.6. The predicted octanol–water partition coefficient (Wildman–Crippen LogP) is 2.28. The van der Waals surface area contributed by atoms with Gasteiger partial charge in [-0.2, -0.15) is 4.31 Å². The average molecular weight is 433 g/mol. The van der Waals surface area contributed by atoms with E-state index in [9.17, 15) is 13.2 Å². The maximum absolute atomic E-state index is 12.7. The Hall–Kier alpha value is -2.58. The summed E-state index contributed by atoms with van der Waals surface area (Å²) in [4.78, 5) is 11.9. The summed E-state index contributed by atoms with van der Waals surface area (Å²) in [6, 6.07) is 13.2. The lowest BCUT2D eigenvalue weighted by Crippen LogP contribution is -2.38. The van der Waals surface area contributed by atoms with Gasteiger partial charge in [0.15, 0.2) is 6.61 Å². The Kier molecular flexibility index (Phi) is 7.33. The Morgan fingerprint density at radius 2 is 1.97 bits per heavy atom. The molecule has 0 bridgehead atoms. The van der Waals surface area contributed by atoms with Crippen LogP contribution in [0, 0.1) is 6.92 Å². The highest BCUT2D eigenvalue weighted by molar-refractivity contribution is 7.89. The van der Waals surface area contributed by atoms with Crippen molar-refractivity contribution >= 4 is 15.9 Å². The number of methoxy groups -OCH3 is 1. The van der Waals surface area contributed by atoms with Gasteiger partial charge in [0.2, 0.25) is 10.0 Å². The van der Waals surface area contributed by atoms with Crippen molar-refractivity contribution in [2.45, 2.75) is 26.3 Å². The number of nitrogens with zero attached hydrogens (tertiary/aromatic N) is 1. The highest BCUT2D eigenvalue weighted by atomic mass is 32.2. The van der Waals surface area contributed by atoms with Gasteiger partial charge in [-0.15, -0.1) is 0 Å². The van der Waals surface area contributed by atoms with E-state index in [1.54, 1.807) is 7.11 Å². The number of hydrogen-bond acceptors (Lipinski definition) is 5. The first kappa shape index (κ1) is 22.1. The SMILES string of the molecule is COc1ccc2c(c1)CCN(S(=O)(=O)CCCNC(=O)COc1ccccc1C)C2. The topological polar surface area (TPSA) is 84.9 Å². The lowest BCUT2D eigenvalue weighted by molar-refractivity contribution is -0.123. The van der Waals surface area contributed by atoms with E-state index in [1.807, 2.05) is 49.4 Å². The Morgan fingerprint density at radius 3 is 2.73 bits per heavy atom. The molecule has 0 saturated carbocycles. The first-order valence-electron chi connectivity index (χ1n) is 9.98. The molecule has 0 aromatic heterocycles. The molecule has 30 heavy (non-hydrogen) atoms. The van der Waals surface area contributed by atoms with Crippen molar-refractivity contribution in [3.05, 3.63) is 59.2 Å². The van der Waals surface area contributed by atoms with E-state index < -0.39 is 10.0 Å². The second kappa shape index (κ2) is 9.95. The zero-order valence-electron chi connectivity index (χ0n) is 17.4. The molecule has 1 aliphatic rings. The van der Waals surface area contributed by atoms with Crippen molar-refractivity contribution in [2.24, 2.45) is 0 Å². The molecule has 1 heterocycles. The number of carbonyl (C=O) groups is 1. The fourth-order valence-electron chi connectivity index (χ4n) is 3.39. The molecule has 1 amide bonds. The second-order valence-electron chi connectivity index (χ2n) is 7.29. The number of para-hydroxylation sites is 1. The quantitative estimate of drug-likeness (QED) is 0.615. The van der Waals surface area contributed by atoms with E-state index in [2.05, 4.69) is 5.32 Å². The zero-order chi connectivity index (χ0) is 21.6. The van der Waals surface area contributed by atoms with Gasteiger partial charge in [0.05, 0.1) is 12.9 Å². The number of nitrogens with one attached hydrogen (secondary N) is 1. The fourth-order valence-corrected chi connectivity index (χ4v) is 4.86. The van der Waals surface area contributed by atoms with Gasteiger partial charge in [0.25, 0.3) is 5.91 Å². The lowest BCUT2D eigenvalue weighted by Gasteiger charge is -2.28. The molecule has 0 radical (unpaired) electrons. The monoisotopic (exact) mass is 432 g/mol. The Balaban J connectivity index is 1.42. The van der Waals surface area contributed by atoms with Crippen LogP contribution in [0.4, 0.5) is 0 Å². The van der Waals surface area contributed by atoms with Crippen LogP contribution < -0.4 is 14.8 Å². The van der Waals surface area contributed by atoms with Crippen LogP contribution in [0.5, 0.6) is 11.5 Å². The van der Waals surface area contributed by atoms with Crippen LogP contribution in [-0.4, -0.2) is 51.2 Å².